The highest BCUT2D eigenvalue weighted by molar-refractivity contribution is 6.33. The van der Waals surface area contributed by atoms with Crippen LogP contribution in [0.25, 0.3) is 5.69 Å². The number of piperidine rings is 1. The van der Waals surface area contributed by atoms with Gasteiger partial charge in [0.25, 0.3) is 5.56 Å². The molecule has 31 heavy (non-hydrogen) atoms. The van der Waals surface area contributed by atoms with Crippen LogP contribution in [0.3, 0.4) is 0 Å². The second-order valence-electron chi connectivity index (χ2n) is 7.98. The number of ether oxygens (including phenoxy) is 1. The number of anilines is 1. The first-order valence-corrected chi connectivity index (χ1v) is 10.8. The summed E-state index contributed by atoms with van der Waals surface area (Å²) in [7, 11) is 0. The van der Waals surface area contributed by atoms with Crippen LogP contribution >= 0.6 is 11.6 Å². The van der Waals surface area contributed by atoms with Gasteiger partial charge in [0, 0.05) is 36.8 Å². The highest BCUT2D eigenvalue weighted by Crippen LogP contribution is 2.32. The molecule has 7 heteroatoms. The fourth-order valence-electron chi connectivity index (χ4n) is 4.14. The van der Waals surface area contributed by atoms with E-state index in [2.05, 4.69) is 9.88 Å². The molecule has 1 aliphatic rings. The minimum absolute atomic E-state index is 0.124. The third-order valence-corrected chi connectivity index (χ3v) is 5.85. The number of aryl methyl sites for hydroxylation is 2. The first kappa shape index (κ1) is 21.4. The number of aromatic nitrogens is 2. The molecule has 1 atom stereocenters. The van der Waals surface area contributed by atoms with Crippen LogP contribution in [0.5, 0.6) is 5.75 Å². The zero-order valence-electron chi connectivity index (χ0n) is 17.6. The Morgan fingerprint density at radius 3 is 2.77 bits per heavy atom. The molecule has 0 spiro atoms. The van der Waals surface area contributed by atoms with Crippen molar-refractivity contribution in [2.75, 3.05) is 24.6 Å². The molecule has 0 aliphatic carbocycles. The maximum Gasteiger partial charge on any atom is 0.258 e. The summed E-state index contributed by atoms with van der Waals surface area (Å²) < 4.78 is 20.7. The van der Waals surface area contributed by atoms with E-state index in [1.165, 1.54) is 18.2 Å². The summed E-state index contributed by atoms with van der Waals surface area (Å²) in [4.78, 5) is 19.1. The number of hydrogen-bond donors (Lipinski definition) is 0. The standard InChI is InChI=1S/C24H25ClFN3O2/c1-16-11-24(30)29(17(2)27-16)20-8-9-23(22(25)13-20)28-10-4-5-18(14-28)15-31-21-7-3-6-19(26)12-21/h3,6-9,11-13,18H,4-5,10,14-15H2,1-2H3. The normalized spacial score (nSPS) is 16.4. The third kappa shape index (κ3) is 4.90. The molecule has 1 saturated heterocycles. The average Bonchev–Trinajstić information content (AvgIpc) is 2.72. The smallest absolute Gasteiger partial charge is 0.258 e. The lowest BCUT2D eigenvalue weighted by Crippen LogP contribution is -2.38. The Labute approximate surface area is 186 Å². The zero-order chi connectivity index (χ0) is 22.0. The van der Waals surface area contributed by atoms with E-state index in [-0.39, 0.29) is 11.4 Å². The van der Waals surface area contributed by atoms with Crippen LogP contribution in [-0.4, -0.2) is 29.2 Å². The van der Waals surface area contributed by atoms with Crippen LogP contribution in [0.15, 0.2) is 53.3 Å². The van der Waals surface area contributed by atoms with Crippen LogP contribution in [0.1, 0.15) is 24.4 Å². The van der Waals surface area contributed by atoms with Gasteiger partial charge in [0.2, 0.25) is 0 Å². The van der Waals surface area contributed by atoms with E-state index < -0.39 is 0 Å². The van der Waals surface area contributed by atoms with Gasteiger partial charge in [-0.1, -0.05) is 17.7 Å². The van der Waals surface area contributed by atoms with Gasteiger partial charge in [-0.2, -0.15) is 0 Å². The molecule has 1 unspecified atom stereocenters. The summed E-state index contributed by atoms with van der Waals surface area (Å²) in [6.45, 7) is 5.85. The molecule has 162 valence electrons. The van der Waals surface area contributed by atoms with E-state index in [1.54, 1.807) is 23.6 Å². The number of rotatable bonds is 5. The number of benzene rings is 2. The molecule has 0 bridgehead atoms. The van der Waals surface area contributed by atoms with Crippen molar-refractivity contribution in [2.45, 2.75) is 26.7 Å². The average molecular weight is 442 g/mol. The maximum atomic E-state index is 13.4. The van der Waals surface area contributed by atoms with Crippen molar-refractivity contribution in [3.05, 3.63) is 81.2 Å². The Bertz CT molecular complexity index is 1150. The molecule has 4 rings (SSSR count). The molecule has 1 fully saturated rings. The predicted octanol–water partition coefficient (Wildman–Crippen LogP) is 4.94. The Balaban J connectivity index is 1.48. The first-order valence-electron chi connectivity index (χ1n) is 10.4. The Morgan fingerprint density at radius 2 is 2.03 bits per heavy atom. The molecule has 1 aromatic heterocycles. The van der Waals surface area contributed by atoms with Gasteiger partial charge in [0.1, 0.15) is 17.4 Å². The quantitative estimate of drug-likeness (QED) is 0.562. The van der Waals surface area contributed by atoms with Gasteiger partial charge < -0.3 is 9.64 Å². The van der Waals surface area contributed by atoms with Gasteiger partial charge in [-0.15, -0.1) is 0 Å². The minimum Gasteiger partial charge on any atom is -0.493 e. The largest absolute Gasteiger partial charge is 0.493 e. The van der Waals surface area contributed by atoms with E-state index in [9.17, 15) is 9.18 Å². The summed E-state index contributed by atoms with van der Waals surface area (Å²) >= 11 is 6.64. The van der Waals surface area contributed by atoms with Crippen molar-refractivity contribution in [1.29, 1.82) is 0 Å². The lowest BCUT2D eigenvalue weighted by molar-refractivity contribution is 0.228. The second kappa shape index (κ2) is 9.10. The van der Waals surface area contributed by atoms with Crippen molar-refractivity contribution in [2.24, 2.45) is 5.92 Å². The molecule has 0 radical (unpaired) electrons. The lowest BCUT2D eigenvalue weighted by Gasteiger charge is -2.35. The molecule has 3 aromatic rings. The van der Waals surface area contributed by atoms with Crippen LogP contribution in [-0.2, 0) is 0 Å². The highest BCUT2D eigenvalue weighted by atomic mass is 35.5. The van der Waals surface area contributed by atoms with Crippen LogP contribution in [0, 0.1) is 25.6 Å². The molecule has 0 amide bonds. The molecule has 1 aliphatic heterocycles. The van der Waals surface area contributed by atoms with Crippen LogP contribution < -0.4 is 15.2 Å². The van der Waals surface area contributed by atoms with E-state index in [4.69, 9.17) is 16.3 Å². The van der Waals surface area contributed by atoms with Crippen molar-refractivity contribution >= 4 is 17.3 Å². The van der Waals surface area contributed by atoms with E-state index in [0.717, 1.165) is 31.6 Å². The fourth-order valence-corrected chi connectivity index (χ4v) is 4.43. The van der Waals surface area contributed by atoms with Crippen molar-refractivity contribution < 1.29 is 9.13 Å². The first-order chi connectivity index (χ1) is 14.9. The van der Waals surface area contributed by atoms with E-state index >= 15 is 0 Å². The zero-order valence-corrected chi connectivity index (χ0v) is 18.4. The Kier molecular flexibility index (Phi) is 6.28. The third-order valence-electron chi connectivity index (χ3n) is 5.55. The predicted molar refractivity (Wildman–Crippen MR) is 121 cm³/mol. The van der Waals surface area contributed by atoms with Crippen LogP contribution in [0.2, 0.25) is 5.02 Å². The molecular weight excluding hydrogens is 417 g/mol. The Hall–Kier alpha value is -2.86. The van der Waals surface area contributed by atoms with E-state index in [1.807, 2.05) is 25.1 Å². The summed E-state index contributed by atoms with van der Waals surface area (Å²) in [5.41, 5.74) is 2.21. The van der Waals surface area contributed by atoms with Crippen molar-refractivity contribution in [3.63, 3.8) is 0 Å². The molecule has 2 heterocycles. The van der Waals surface area contributed by atoms with Gasteiger partial charge >= 0.3 is 0 Å². The van der Waals surface area contributed by atoms with E-state index in [0.29, 0.717) is 40.5 Å². The van der Waals surface area contributed by atoms with Crippen LogP contribution in [0.4, 0.5) is 10.1 Å². The monoisotopic (exact) mass is 441 g/mol. The van der Waals surface area contributed by atoms with Gasteiger partial charge in [0.15, 0.2) is 0 Å². The van der Waals surface area contributed by atoms with Crippen molar-refractivity contribution in [3.8, 4) is 11.4 Å². The van der Waals surface area contributed by atoms with Gasteiger partial charge in [-0.05, 0) is 57.0 Å². The number of hydrogen-bond acceptors (Lipinski definition) is 4. The molecule has 2 aromatic carbocycles. The summed E-state index contributed by atoms with van der Waals surface area (Å²) in [5.74, 6) is 1.19. The van der Waals surface area contributed by atoms with Gasteiger partial charge in [-0.3, -0.25) is 9.36 Å². The molecule has 5 nitrogen and oxygen atoms in total. The molecular formula is C24H25ClFN3O2. The molecule has 0 N–H and O–H groups in total. The topological polar surface area (TPSA) is 47.4 Å². The molecule has 0 saturated carbocycles. The fraction of sp³-hybridized carbons (Fsp3) is 0.333. The summed E-state index contributed by atoms with van der Waals surface area (Å²) in [6, 6.07) is 13.4. The van der Waals surface area contributed by atoms with Crippen molar-refractivity contribution in [1.82, 2.24) is 9.55 Å². The second-order valence-corrected chi connectivity index (χ2v) is 8.38. The summed E-state index contributed by atoms with van der Waals surface area (Å²) in [5, 5.41) is 0.594. The number of halogens is 2. The maximum absolute atomic E-state index is 13.4. The SMILES string of the molecule is Cc1cc(=O)n(-c2ccc(N3CCCC(COc4cccc(F)c4)C3)c(Cl)c2)c(C)n1. The van der Waals surface area contributed by atoms with Gasteiger partial charge in [0.05, 0.1) is 23.0 Å². The highest BCUT2D eigenvalue weighted by Gasteiger charge is 2.23. The van der Waals surface area contributed by atoms with Gasteiger partial charge in [-0.25, -0.2) is 9.37 Å². The summed E-state index contributed by atoms with van der Waals surface area (Å²) in [6.07, 6.45) is 2.07. The Morgan fingerprint density at radius 1 is 1.19 bits per heavy atom. The lowest BCUT2D eigenvalue weighted by atomic mass is 9.98. The number of nitrogens with zero attached hydrogens (tertiary/aromatic N) is 3. The minimum atomic E-state index is -0.298.